The number of aromatic hydroxyl groups is 2. The number of likely N-dealkylation sites (tertiary alicyclic amines) is 1. The Labute approximate surface area is 226 Å². The molecule has 0 aromatic heterocycles. The van der Waals surface area contributed by atoms with E-state index in [2.05, 4.69) is 5.32 Å². The maximum atomic E-state index is 13.1. The molecule has 7 nitrogen and oxygen atoms in total. The normalized spacial score (nSPS) is 17.6. The van der Waals surface area contributed by atoms with Crippen molar-refractivity contribution >= 4 is 11.9 Å². The summed E-state index contributed by atoms with van der Waals surface area (Å²) in [6.45, 7) is 5.85. The van der Waals surface area contributed by atoms with E-state index in [4.69, 9.17) is 4.74 Å². The second-order valence-electron chi connectivity index (χ2n) is 11.1. The van der Waals surface area contributed by atoms with Gasteiger partial charge in [0, 0.05) is 19.2 Å². The number of amides is 1. The summed E-state index contributed by atoms with van der Waals surface area (Å²) >= 11 is 0. The monoisotopic (exact) mass is 522 g/mol. The van der Waals surface area contributed by atoms with Gasteiger partial charge < -0.3 is 25.2 Å². The molecular formula is C31H42N2O5. The van der Waals surface area contributed by atoms with E-state index in [1.54, 1.807) is 11.0 Å². The van der Waals surface area contributed by atoms with E-state index in [0.717, 1.165) is 50.5 Å². The number of phenols is 2. The molecule has 4 rings (SSSR count). The SMILES string of the molecule is CC(C)c1cc(C(=O)N2CCC(CCNC(Cc3ccccc3)C(=O)OC3CCCC3)CC2)c(O)cc1O. The van der Waals surface area contributed by atoms with E-state index < -0.39 is 0 Å². The summed E-state index contributed by atoms with van der Waals surface area (Å²) in [6.07, 6.45) is 7.50. The number of hydrogen-bond acceptors (Lipinski definition) is 6. The third-order valence-electron chi connectivity index (χ3n) is 7.99. The molecule has 2 aliphatic rings. The number of ether oxygens (including phenoxy) is 1. The molecular weight excluding hydrogens is 480 g/mol. The molecule has 0 radical (unpaired) electrons. The van der Waals surface area contributed by atoms with Gasteiger partial charge in [0.2, 0.25) is 0 Å². The number of piperidine rings is 1. The van der Waals surface area contributed by atoms with Gasteiger partial charge in [-0.2, -0.15) is 0 Å². The van der Waals surface area contributed by atoms with Gasteiger partial charge in [0.25, 0.3) is 5.91 Å². The average Bonchev–Trinajstić information content (AvgIpc) is 3.41. The summed E-state index contributed by atoms with van der Waals surface area (Å²) in [5.74, 6) is -0.0275. The van der Waals surface area contributed by atoms with E-state index in [-0.39, 0.29) is 47.0 Å². The lowest BCUT2D eigenvalue weighted by molar-refractivity contribution is -0.151. The quantitative estimate of drug-likeness (QED) is 0.373. The van der Waals surface area contributed by atoms with E-state index in [1.165, 1.54) is 6.07 Å². The second kappa shape index (κ2) is 13.1. The molecule has 1 unspecified atom stereocenters. The van der Waals surface area contributed by atoms with Gasteiger partial charge in [-0.25, -0.2) is 0 Å². The Kier molecular flexibility index (Phi) is 9.67. The summed E-state index contributed by atoms with van der Waals surface area (Å²) in [5, 5.41) is 23.9. The van der Waals surface area contributed by atoms with Crippen molar-refractivity contribution in [2.24, 2.45) is 5.92 Å². The van der Waals surface area contributed by atoms with Crippen LogP contribution in [0.4, 0.5) is 0 Å². The van der Waals surface area contributed by atoms with Crippen LogP contribution in [0.5, 0.6) is 11.5 Å². The van der Waals surface area contributed by atoms with E-state index in [9.17, 15) is 19.8 Å². The first kappa shape index (κ1) is 28.0. The largest absolute Gasteiger partial charge is 0.508 e. The molecule has 0 bridgehead atoms. The smallest absolute Gasteiger partial charge is 0.323 e. The lowest BCUT2D eigenvalue weighted by Gasteiger charge is -2.32. The highest BCUT2D eigenvalue weighted by Crippen LogP contribution is 2.33. The van der Waals surface area contributed by atoms with Crippen LogP contribution in [0.25, 0.3) is 0 Å². The molecule has 2 aromatic rings. The predicted molar refractivity (Wildman–Crippen MR) is 147 cm³/mol. The first-order chi connectivity index (χ1) is 18.3. The van der Waals surface area contributed by atoms with Crippen LogP contribution < -0.4 is 5.32 Å². The number of carbonyl (C=O) groups is 2. The summed E-state index contributed by atoms with van der Waals surface area (Å²) in [5.41, 5.74) is 2.01. The summed E-state index contributed by atoms with van der Waals surface area (Å²) < 4.78 is 5.83. The van der Waals surface area contributed by atoms with Crippen molar-refractivity contribution in [1.29, 1.82) is 0 Å². The van der Waals surface area contributed by atoms with Crippen LogP contribution in [-0.4, -0.2) is 58.8 Å². The molecule has 1 aliphatic carbocycles. The zero-order chi connectivity index (χ0) is 27.1. The Bertz CT molecular complexity index is 1070. The number of benzene rings is 2. The summed E-state index contributed by atoms with van der Waals surface area (Å²) in [7, 11) is 0. The number of phenolic OH excluding ortho intramolecular Hbond substituents is 2. The van der Waals surface area contributed by atoms with Crippen molar-refractivity contribution < 1.29 is 24.5 Å². The number of carbonyl (C=O) groups excluding carboxylic acids is 2. The molecule has 1 amide bonds. The minimum atomic E-state index is -0.368. The van der Waals surface area contributed by atoms with Gasteiger partial charge in [-0.3, -0.25) is 9.59 Å². The van der Waals surface area contributed by atoms with Crippen LogP contribution in [0.2, 0.25) is 0 Å². The zero-order valence-corrected chi connectivity index (χ0v) is 22.7. The average molecular weight is 523 g/mol. The van der Waals surface area contributed by atoms with Gasteiger partial charge in [-0.1, -0.05) is 44.2 Å². The van der Waals surface area contributed by atoms with Crippen molar-refractivity contribution in [3.8, 4) is 11.5 Å². The van der Waals surface area contributed by atoms with E-state index >= 15 is 0 Å². The summed E-state index contributed by atoms with van der Waals surface area (Å²) in [4.78, 5) is 27.9. The predicted octanol–water partition coefficient (Wildman–Crippen LogP) is 5.15. The molecule has 1 atom stereocenters. The molecule has 38 heavy (non-hydrogen) atoms. The van der Waals surface area contributed by atoms with Gasteiger partial charge >= 0.3 is 5.97 Å². The van der Waals surface area contributed by atoms with Gasteiger partial charge in [-0.15, -0.1) is 0 Å². The maximum absolute atomic E-state index is 13.1. The van der Waals surface area contributed by atoms with Gasteiger partial charge in [-0.05, 0) is 86.9 Å². The Hall–Kier alpha value is -3.06. The molecule has 206 valence electrons. The van der Waals surface area contributed by atoms with Crippen LogP contribution in [0.3, 0.4) is 0 Å². The van der Waals surface area contributed by atoms with Crippen molar-refractivity contribution in [2.75, 3.05) is 19.6 Å². The molecule has 3 N–H and O–H groups in total. The van der Waals surface area contributed by atoms with Crippen molar-refractivity contribution in [1.82, 2.24) is 10.2 Å². The Morgan fingerprint density at radius 3 is 2.34 bits per heavy atom. The maximum Gasteiger partial charge on any atom is 0.323 e. The van der Waals surface area contributed by atoms with E-state index in [1.807, 2.05) is 44.2 Å². The van der Waals surface area contributed by atoms with Gasteiger partial charge in [0.15, 0.2) is 0 Å². The number of nitrogens with one attached hydrogen (secondary N) is 1. The van der Waals surface area contributed by atoms with Crippen LogP contribution in [-0.2, 0) is 16.0 Å². The number of hydrogen-bond donors (Lipinski definition) is 3. The number of nitrogens with zero attached hydrogens (tertiary/aromatic N) is 1. The lowest BCUT2D eigenvalue weighted by Crippen LogP contribution is -2.43. The number of rotatable bonds is 10. The van der Waals surface area contributed by atoms with Crippen LogP contribution in [0.1, 0.15) is 86.2 Å². The fourth-order valence-electron chi connectivity index (χ4n) is 5.63. The molecule has 1 saturated carbocycles. The minimum Gasteiger partial charge on any atom is -0.508 e. The molecule has 2 fully saturated rings. The molecule has 1 aliphatic heterocycles. The molecule has 2 aromatic carbocycles. The Balaban J connectivity index is 1.28. The van der Waals surface area contributed by atoms with Gasteiger partial charge in [0.1, 0.15) is 23.6 Å². The highest BCUT2D eigenvalue weighted by Gasteiger charge is 2.28. The van der Waals surface area contributed by atoms with Crippen LogP contribution in [0.15, 0.2) is 42.5 Å². The van der Waals surface area contributed by atoms with Crippen LogP contribution in [0, 0.1) is 5.92 Å². The van der Waals surface area contributed by atoms with Crippen molar-refractivity contribution in [3.05, 3.63) is 59.2 Å². The second-order valence-corrected chi connectivity index (χ2v) is 11.1. The van der Waals surface area contributed by atoms with Crippen molar-refractivity contribution in [3.63, 3.8) is 0 Å². The fraction of sp³-hybridized carbons (Fsp3) is 0.548. The zero-order valence-electron chi connectivity index (χ0n) is 22.7. The van der Waals surface area contributed by atoms with Crippen molar-refractivity contribution in [2.45, 2.75) is 83.3 Å². The van der Waals surface area contributed by atoms with Gasteiger partial charge in [0.05, 0.1) is 5.56 Å². The highest BCUT2D eigenvalue weighted by molar-refractivity contribution is 5.97. The molecule has 0 spiro atoms. The Morgan fingerprint density at radius 2 is 1.68 bits per heavy atom. The lowest BCUT2D eigenvalue weighted by atomic mass is 9.92. The first-order valence-electron chi connectivity index (χ1n) is 14.1. The first-order valence-corrected chi connectivity index (χ1v) is 14.1. The Morgan fingerprint density at radius 1 is 1.00 bits per heavy atom. The topological polar surface area (TPSA) is 99.1 Å². The minimum absolute atomic E-state index is 0.0120. The van der Waals surface area contributed by atoms with E-state index in [0.29, 0.717) is 37.5 Å². The molecule has 1 saturated heterocycles. The van der Waals surface area contributed by atoms with Crippen LogP contribution >= 0.6 is 0 Å². The third kappa shape index (κ3) is 7.28. The molecule has 1 heterocycles. The fourth-order valence-corrected chi connectivity index (χ4v) is 5.63. The summed E-state index contributed by atoms with van der Waals surface area (Å²) in [6, 6.07) is 12.6. The highest BCUT2D eigenvalue weighted by atomic mass is 16.5. The standard InChI is InChI=1S/C31H42N2O5/c1-21(2)25-19-26(29(35)20-28(25)34)30(36)33-16-13-22(14-17-33)12-15-32-27(18-23-8-4-3-5-9-23)31(37)38-24-10-6-7-11-24/h3-5,8-9,19-22,24,27,32,34-35H,6-7,10-18H2,1-2H3. The number of esters is 1. The third-order valence-corrected chi connectivity index (χ3v) is 7.99. The molecule has 7 heteroatoms.